The first-order valence-corrected chi connectivity index (χ1v) is 11.7. The second-order valence-electron chi connectivity index (χ2n) is 9.36. The number of fused-ring (bicyclic) bond motifs is 1. The number of hydrogen-bond donors (Lipinski definition) is 1. The number of carbonyl (C=O) groups is 3. The first-order valence-electron chi connectivity index (χ1n) is 11.7. The molecule has 2 heterocycles. The fraction of sp³-hybridized carbons (Fsp3) is 0.370. The van der Waals surface area contributed by atoms with Gasteiger partial charge in [-0.3, -0.25) is 14.9 Å². The molecule has 2 aromatic rings. The number of urea groups is 1. The Hall–Kier alpha value is -3.61. The average Bonchev–Trinajstić information content (AvgIpc) is 2.78. The molecule has 4 rings (SSSR count). The van der Waals surface area contributed by atoms with Crippen LogP contribution in [0.2, 0.25) is 0 Å². The number of benzene rings is 2. The predicted molar refractivity (Wildman–Crippen MR) is 133 cm³/mol. The second-order valence-corrected chi connectivity index (χ2v) is 9.36. The topological polar surface area (TPSA) is 79.0 Å². The summed E-state index contributed by atoms with van der Waals surface area (Å²) in [5.74, 6) is -0.376. The molecule has 1 atom stereocenters. The highest BCUT2D eigenvalue weighted by Gasteiger charge is 2.38. The molecule has 2 aliphatic rings. The zero-order chi connectivity index (χ0) is 24.6. The molecule has 2 aromatic carbocycles. The SMILES string of the molecule is CCOc1ccc(N2C(=O)NC(=O)/C(=C\c3ccc4c(c3)[C@H](C)CC(C)(C)N4CC)C2=O)cc1. The first kappa shape index (κ1) is 23.5. The summed E-state index contributed by atoms with van der Waals surface area (Å²) in [7, 11) is 0. The van der Waals surface area contributed by atoms with E-state index in [1.54, 1.807) is 30.3 Å². The Kier molecular flexibility index (Phi) is 6.21. The van der Waals surface area contributed by atoms with Crippen molar-refractivity contribution in [3.63, 3.8) is 0 Å². The van der Waals surface area contributed by atoms with E-state index in [0.717, 1.165) is 23.4 Å². The molecule has 0 bridgehead atoms. The number of nitrogens with one attached hydrogen (secondary N) is 1. The maximum atomic E-state index is 13.2. The van der Waals surface area contributed by atoms with Gasteiger partial charge in [0.15, 0.2) is 0 Å². The summed E-state index contributed by atoms with van der Waals surface area (Å²) in [4.78, 5) is 41.7. The monoisotopic (exact) mass is 461 g/mol. The van der Waals surface area contributed by atoms with Gasteiger partial charge in [0, 0.05) is 17.8 Å². The molecule has 0 aliphatic carbocycles. The fourth-order valence-electron chi connectivity index (χ4n) is 5.11. The summed E-state index contributed by atoms with van der Waals surface area (Å²) in [6, 6.07) is 11.9. The van der Waals surface area contributed by atoms with Crippen molar-refractivity contribution in [1.29, 1.82) is 0 Å². The molecule has 1 fully saturated rings. The molecule has 178 valence electrons. The minimum atomic E-state index is -0.767. The Balaban J connectivity index is 1.68. The zero-order valence-electron chi connectivity index (χ0n) is 20.3. The third kappa shape index (κ3) is 4.18. The largest absolute Gasteiger partial charge is 0.494 e. The molecule has 34 heavy (non-hydrogen) atoms. The lowest BCUT2D eigenvalue weighted by atomic mass is 9.79. The van der Waals surface area contributed by atoms with E-state index < -0.39 is 17.8 Å². The molecule has 4 amide bonds. The van der Waals surface area contributed by atoms with E-state index in [9.17, 15) is 14.4 Å². The maximum Gasteiger partial charge on any atom is 0.335 e. The van der Waals surface area contributed by atoms with E-state index in [0.29, 0.717) is 24.0 Å². The number of barbiturate groups is 1. The van der Waals surface area contributed by atoms with Crippen LogP contribution >= 0.6 is 0 Å². The van der Waals surface area contributed by atoms with Crippen molar-refractivity contribution in [3.05, 3.63) is 59.2 Å². The van der Waals surface area contributed by atoms with Crippen molar-refractivity contribution in [2.75, 3.05) is 23.0 Å². The lowest BCUT2D eigenvalue weighted by Gasteiger charge is -2.47. The van der Waals surface area contributed by atoms with Gasteiger partial charge >= 0.3 is 6.03 Å². The standard InChI is InChI=1S/C27H31N3O4/c1-6-29-23-13-8-18(14-21(23)17(3)16-27(29,4)5)15-22-24(31)28-26(33)30(25(22)32)19-9-11-20(12-10-19)34-7-2/h8-15,17H,6-7,16H2,1-5H3,(H,28,31,33)/b22-15+/t17-/m1/s1. The van der Waals surface area contributed by atoms with E-state index in [-0.39, 0.29) is 11.1 Å². The lowest BCUT2D eigenvalue weighted by molar-refractivity contribution is -0.122. The normalized spacial score (nSPS) is 20.9. The fourth-order valence-corrected chi connectivity index (χ4v) is 5.11. The second kappa shape index (κ2) is 8.97. The molecule has 7 nitrogen and oxygen atoms in total. The van der Waals surface area contributed by atoms with Crippen LogP contribution in [0.3, 0.4) is 0 Å². The summed E-state index contributed by atoms with van der Waals surface area (Å²) >= 11 is 0. The van der Waals surface area contributed by atoms with Crippen molar-refractivity contribution >= 4 is 35.3 Å². The quantitative estimate of drug-likeness (QED) is 0.508. The summed E-state index contributed by atoms with van der Waals surface area (Å²) in [6.45, 7) is 12.1. The highest BCUT2D eigenvalue weighted by atomic mass is 16.5. The molecule has 2 aliphatic heterocycles. The number of nitrogens with zero attached hydrogens (tertiary/aromatic N) is 2. The number of imide groups is 2. The highest BCUT2D eigenvalue weighted by Crippen LogP contribution is 2.43. The van der Waals surface area contributed by atoms with Gasteiger partial charge in [-0.05, 0) is 93.6 Å². The van der Waals surface area contributed by atoms with E-state index in [2.05, 4.69) is 44.0 Å². The number of carbonyl (C=O) groups excluding carboxylic acids is 3. The lowest BCUT2D eigenvalue weighted by Crippen LogP contribution is -2.54. The zero-order valence-corrected chi connectivity index (χ0v) is 20.3. The van der Waals surface area contributed by atoms with Crippen LogP contribution in [0.25, 0.3) is 6.08 Å². The van der Waals surface area contributed by atoms with Gasteiger partial charge in [-0.25, -0.2) is 9.69 Å². The molecule has 1 N–H and O–H groups in total. The minimum Gasteiger partial charge on any atom is -0.494 e. The number of anilines is 2. The molecule has 1 saturated heterocycles. The third-order valence-corrected chi connectivity index (χ3v) is 6.54. The van der Waals surface area contributed by atoms with Gasteiger partial charge in [-0.2, -0.15) is 0 Å². The molecule has 7 heteroatoms. The van der Waals surface area contributed by atoms with Crippen LogP contribution in [-0.4, -0.2) is 36.5 Å². The van der Waals surface area contributed by atoms with Crippen molar-refractivity contribution in [1.82, 2.24) is 5.32 Å². The van der Waals surface area contributed by atoms with Crippen molar-refractivity contribution in [2.45, 2.75) is 52.5 Å². The minimum absolute atomic E-state index is 0.0545. The summed E-state index contributed by atoms with van der Waals surface area (Å²) in [6.07, 6.45) is 2.57. The molecule has 0 radical (unpaired) electrons. The van der Waals surface area contributed by atoms with Gasteiger partial charge in [-0.1, -0.05) is 13.0 Å². The van der Waals surface area contributed by atoms with Gasteiger partial charge in [0.1, 0.15) is 11.3 Å². The molecule has 0 saturated carbocycles. The number of hydrogen-bond acceptors (Lipinski definition) is 5. The molecule has 0 unspecified atom stereocenters. The number of rotatable bonds is 5. The van der Waals surface area contributed by atoms with E-state index in [4.69, 9.17) is 4.74 Å². The van der Waals surface area contributed by atoms with Gasteiger partial charge in [0.25, 0.3) is 11.8 Å². The number of amides is 4. The van der Waals surface area contributed by atoms with Crippen LogP contribution in [-0.2, 0) is 9.59 Å². The molecular formula is C27H31N3O4. The number of ether oxygens (including phenoxy) is 1. The molecule has 0 spiro atoms. The summed E-state index contributed by atoms with van der Waals surface area (Å²) in [5, 5.41) is 2.29. The summed E-state index contributed by atoms with van der Waals surface area (Å²) < 4.78 is 5.43. The summed E-state index contributed by atoms with van der Waals surface area (Å²) in [5.41, 5.74) is 3.46. The predicted octanol–water partition coefficient (Wildman–Crippen LogP) is 4.86. The Morgan fingerprint density at radius 2 is 1.79 bits per heavy atom. The van der Waals surface area contributed by atoms with Crippen LogP contribution < -0.4 is 19.9 Å². The van der Waals surface area contributed by atoms with Gasteiger partial charge in [-0.15, -0.1) is 0 Å². The first-order chi connectivity index (χ1) is 16.2. The Labute approximate surface area is 200 Å². The van der Waals surface area contributed by atoms with E-state index in [1.165, 1.54) is 11.3 Å². The maximum absolute atomic E-state index is 13.2. The van der Waals surface area contributed by atoms with Crippen LogP contribution in [0.5, 0.6) is 5.75 Å². The average molecular weight is 462 g/mol. The van der Waals surface area contributed by atoms with Crippen LogP contribution in [0.4, 0.5) is 16.2 Å². The van der Waals surface area contributed by atoms with Crippen LogP contribution in [0.15, 0.2) is 48.0 Å². The Morgan fingerprint density at radius 3 is 2.44 bits per heavy atom. The Morgan fingerprint density at radius 1 is 1.09 bits per heavy atom. The van der Waals surface area contributed by atoms with Gasteiger partial charge in [0.05, 0.1) is 12.3 Å². The third-order valence-electron chi connectivity index (χ3n) is 6.54. The van der Waals surface area contributed by atoms with E-state index >= 15 is 0 Å². The van der Waals surface area contributed by atoms with Crippen LogP contribution in [0.1, 0.15) is 58.1 Å². The smallest absolute Gasteiger partial charge is 0.335 e. The molecule has 0 aromatic heterocycles. The van der Waals surface area contributed by atoms with Gasteiger partial charge < -0.3 is 9.64 Å². The van der Waals surface area contributed by atoms with E-state index in [1.807, 2.05) is 19.1 Å². The van der Waals surface area contributed by atoms with Crippen LogP contribution in [0, 0.1) is 0 Å². The highest BCUT2D eigenvalue weighted by molar-refractivity contribution is 6.39. The molecular weight excluding hydrogens is 430 g/mol. The Bertz CT molecular complexity index is 1170. The van der Waals surface area contributed by atoms with Crippen molar-refractivity contribution in [2.24, 2.45) is 0 Å². The van der Waals surface area contributed by atoms with Gasteiger partial charge in [0.2, 0.25) is 0 Å². The van der Waals surface area contributed by atoms with Crippen molar-refractivity contribution < 1.29 is 19.1 Å². The van der Waals surface area contributed by atoms with Crippen molar-refractivity contribution in [3.8, 4) is 5.75 Å².